The zero-order valence-corrected chi connectivity index (χ0v) is 11.8. The van der Waals surface area contributed by atoms with Crippen LogP contribution in [0.1, 0.15) is 25.3 Å². The Morgan fingerprint density at radius 2 is 2.00 bits per heavy atom. The number of nitrogens with one attached hydrogen (secondary N) is 2. The van der Waals surface area contributed by atoms with Crippen LogP contribution in [0.5, 0.6) is 0 Å². The predicted molar refractivity (Wildman–Crippen MR) is 71.8 cm³/mol. The highest BCUT2D eigenvalue weighted by molar-refractivity contribution is 5.90. The van der Waals surface area contributed by atoms with Crippen LogP contribution in [0.3, 0.4) is 0 Å². The second kappa shape index (κ2) is 5.75. The highest BCUT2D eigenvalue weighted by Gasteiger charge is 2.42. The topological polar surface area (TPSA) is 61.4 Å². The zero-order valence-electron chi connectivity index (χ0n) is 11.8. The Bertz CT molecular complexity index is 572. The van der Waals surface area contributed by atoms with Gasteiger partial charge in [0.2, 0.25) is 0 Å². The molecule has 3 N–H and O–H groups in total. The minimum absolute atomic E-state index is 0.106. The number of alkyl halides is 3. The van der Waals surface area contributed by atoms with E-state index in [9.17, 15) is 27.5 Å². The van der Waals surface area contributed by atoms with Crippen molar-refractivity contribution in [1.29, 1.82) is 0 Å². The fraction of sp³-hybridized carbons (Fsp3) is 0.500. The minimum Gasteiger partial charge on any atom is -0.394 e. The Morgan fingerprint density at radius 3 is 2.50 bits per heavy atom. The van der Waals surface area contributed by atoms with Crippen LogP contribution in [0.2, 0.25) is 0 Å². The number of rotatable bonds is 4. The fourth-order valence-corrected chi connectivity index (χ4v) is 2.20. The van der Waals surface area contributed by atoms with E-state index in [0.717, 1.165) is 12.8 Å². The number of carbonyl (C=O) groups is 1. The third kappa shape index (κ3) is 3.68. The molecular formula is C14H16F4N2O2. The molecule has 1 unspecified atom stereocenters. The standard InChI is InChI=1S/C14H16F4N2O2/c1-13(7-21,8-2-3-8)20-12(22)19-11-6-9(14(16,17)18)4-5-10(11)15/h4-6,8,21H,2-3,7H2,1H3,(H2,19,20,22). The van der Waals surface area contributed by atoms with E-state index < -0.39 is 34.8 Å². The normalized spacial score (nSPS) is 17.7. The Morgan fingerprint density at radius 1 is 1.36 bits per heavy atom. The van der Waals surface area contributed by atoms with E-state index in [1.807, 2.05) is 0 Å². The van der Waals surface area contributed by atoms with Gasteiger partial charge in [-0.05, 0) is 43.9 Å². The van der Waals surface area contributed by atoms with Gasteiger partial charge in [-0.25, -0.2) is 9.18 Å². The van der Waals surface area contributed by atoms with Gasteiger partial charge in [0.25, 0.3) is 0 Å². The molecule has 0 spiro atoms. The highest BCUT2D eigenvalue weighted by atomic mass is 19.4. The van der Waals surface area contributed by atoms with E-state index in [0.29, 0.717) is 18.2 Å². The van der Waals surface area contributed by atoms with E-state index in [1.54, 1.807) is 6.92 Å². The van der Waals surface area contributed by atoms with Gasteiger partial charge in [-0.15, -0.1) is 0 Å². The third-order valence-corrected chi connectivity index (χ3v) is 3.75. The van der Waals surface area contributed by atoms with Gasteiger partial charge in [0.15, 0.2) is 0 Å². The van der Waals surface area contributed by atoms with Gasteiger partial charge in [-0.1, -0.05) is 0 Å². The summed E-state index contributed by atoms with van der Waals surface area (Å²) >= 11 is 0. The van der Waals surface area contributed by atoms with E-state index in [4.69, 9.17) is 0 Å². The van der Waals surface area contributed by atoms with Crippen molar-refractivity contribution in [3.63, 3.8) is 0 Å². The molecule has 22 heavy (non-hydrogen) atoms. The van der Waals surface area contributed by atoms with Crippen LogP contribution >= 0.6 is 0 Å². The maximum Gasteiger partial charge on any atom is 0.416 e. The lowest BCUT2D eigenvalue weighted by atomic mass is 9.97. The number of carbonyl (C=O) groups excluding carboxylic acids is 1. The number of hydrogen-bond acceptors (Lipinski definition) is 2. The molecule has 0 aromatic heterocycles. The Hall–Kier alpha value is -1.83. The molecule has 1 aliphatic carbocycles. The zero-order chi connectivity index (χ0) is 16.5. The first kappa shape index (κ1) is 16.5. The quantitative estimate of drug-likeness (QED) is 0.747. The first-order chi connectivity index (χ1) is 10.2. The largest absolute Gasteiger partial charge is 0.416 e. The van der Waals surface area contributed by atoms with Crippen molar-refractivity contribution >= 4 is 11.7 Å². The summed E-state index contributed by atoms with van der Waals surface area (Å²) in [4.78, 5) is 11.9. The number of halogens is 4. The van der Waals surface area contributed by atoms with E-state index >= 15 is 0 Å². The molecule has 1 aliphatic rings. The Labute approximate surface area is 124 Å². The van der Waals surface area contributed by atoms with Gasteiger partial charge >= 0.3 is 12.2 Å². The number of aliphatic hydroxyl groups is 1. The van der Waals surface area contributed by atoms with Crippen LogP contribution in [0, 0.1) is 11.7 Å². The summed E-state index contributed by atoms with van der Waals surface area (Å²) in [5.41, 5.74) is -2.50. The second-order valence-electron chi connectivity index (χ2n) is 5.62. The van der Waals surface area contributed by atoms with Gasteiger partial charge in [-0.3, -0.25) is 0 Å². The summed E-state index contributed by atoms with van der Waals surface area (Å²) in [6.45, 7) is 1.32. The van der Waals surface area contributed by atoms with E-state index in [2.05, 4.69) is 10.6 Å². The number of benzene rings is 1. The number of anilines is 1. The van der Waals surface area contributed by atoms with Crippen molar-refractivity contribution in [2.75, 3.05) is 11.9 Å². The predicted octanol–water partition coefficient (Wildman–Crippen LogP) is 3.13. The maximum absolute atomic E-state index is 13.5. The number of aliphatic hydroxyl groups excluding tert-OH is 1. The molecule has 1 atom stereocenters. The number of hydrogen-bond donors (Lipinski definition) is 3. The van der Waals surface area contributed by atoms with Gasteiger partial charge < -0.3 is 15.7 Å². The summed E-state index contributed by atoms with van der Waals surface area (Å²) in [5.74, 6) is -0.866. The van der Waals surface area contributed by atoms with Crippen molar-refractivity contribution in [3.8, 4) is 0 Å². The smallest absolute Gasteiger partial charge is 0.394 e. The first-order valence-electron chi connectivity index (χ1n) is 6.72. The molecular weight excluding hydrogens is 304 g/mol. The van der Waals surface area contributed by atoms with Crippen LogP contribution < -0.4 is 10.6 Å². The van der Waals surface area contributed by atoms with Crippen LogP contribution in [-0.4, -0.2) is 23.3 Å². The average Bonchev–Trinajstić information content (AvgIpc) is 3.24. The van der Waals surface area contributed by atoms with Crippen molar-refractivity contribution in [3.05, 3.63) is 29.6 Å². The van der Waals surface area contributed by atoms with Crippen LogP contribution in [-0.2, 0) is 6.18 Å². The van der Waals surface area contributed by atoms with E-state index in [-0.39, 0.29) is 12.5 Å². The Balaban J connectivity index is 2.11. The molecule has 0 saturated heterocycles. The number of urea groups is 1. The summed E-state index contributed by atoms with van der Waals surface area (Å²) < 4.78 is 51.3. The molecule has 1 fully saturated rings. The lowest BCUT2D eigenvalue weighted by Gasteiger charge is -2.28. The average molecular weight is 320 g/mol. The molecule has 8 heteroatoms. The molecule has 1 aromatic carbocycles. The van der Waals surface area contributed by atoms with Gasteiger partial charge in [-0.2, -0.15) is 13.2 Å². The second-order valence-corrected chi connectivity index (χ2v) is 5.62. The maximum atomic E-state index is 13.5. The van der Waals surface area contributed by atoms with Crippen molar-refractivity contribution < 1.29 is 27.5 Å². The third-order valence-electron chi connectivity index (χ3n) is 3.75. The molecule has 0 aliphatic heterocycles. The molecule has 0 heterocycles. The fourth-order valence-electron chi connectivity index (χ4n) is 2.20. The SMILES string of the molecule is CC(CO)(NC(=O)Nc1cc(C(F)(F)F)ccc1F)C1CC1. The van der Waals surface area contributed by atoms with Crippen LogP contribution in [0.4, 0.5) is 28.0 Å². The van der Waals surface area contributed by atoms with Gasteiger partial charge in [0, 0.05) is 0 Å². The molecule has 4 nitrogen and oxygen atoms in total. The lowest BCUT2D eigenvalue weighted by Crippen LogP contribution is -2.52. The summed E-state index contributed by atoms with van der Waals surface area (Å²) in [6.07, 6.45) is -2.95. The molecule has 1 aromatic rings. The summed E-state index contributed by atoms with van der Waals surface area (Å²) in [5, 5.41) is 13.9. The molecule has 2 amide bonds. The summed E-state index contributed by atoms with van der Waals surface area (Å²) in [7, 11) is 0. The molecule has 122 valence electrons. The van der Waals surface area contributed by atoms with Gasteiger partial charge in [0.1, 0.15) is 5.82 Å². The molecule has 0 bridgehead atoms. The summed E-state index contributed by atoms with van der Waals surface area (Å²) in [6, 6.07) is 0.912. The van der Waals surface area contributed by atoms with Crippen molar-refractivity contribution in [2.24, 2.45) is 5.92 Å². The van der Waals surface area contributed by atoms with Crippen molar-refractivity contribution in [2.45, 2.75) is 31.5 Å². The van der Waals surface area contributed by atoms with E-state index in [1.165, 1.54) is 0 Å². The number of amides is 2. The van der Waals surface area contributed by atoms with Crippen LogP contribution in [0.25, 0.3) is 0 Å². The monoisotopic (exact) mass is 320 g/mol. The molecule has 1 saturated carbocycles. The highest BCUT2D eigenvalue weighted by Crippen LogP contribution is 2.39. The first-order valence-corrected chi connectivity index (χ1v) is 6.72. The Kier molecular flexibility index (Phi) is 4.32. The van der Waals surface area contributed by atoms with Gasteiger partial charge in [0.05, 0.1) is 23.4 Å². The molecule has 0 radical (unpaired) electrons. The lowest BCUT2D eigenvalue weighted by molar-refractivity contribution is -0.137. The van der Waals surface area contributed by atoms with Crippen LogP contribution in [0.15, 0.2) is 18.2 Å². The molecule has 2 rings (SSSR count). The minimum atomic E-state index is -4.63. The van der Waals surface area contributed by atoms with Crippen molar-refractivity contribution in [1.82, 2.24) is 5.32 Å².